The molecule has 0 aliphatic rings. The molecule has 0 fully saturated rings. The van der Waals surface area contributed by atoms with E-state index < -0.39 is 97.5 Å². The summed E-state index contributed by atoms with van der Waals surface area (Å²) in [6, 6.07) is 0. The first kappa shape index (κ1) is 85.1. The molecule has 0 spiro atoms. The Balaban J connectivity index is 5.26. The van der Waals surface area contributed by atoms with Crippen LogP contribution in [0.15, 0.2) is 0 Å². The van der Waals surface area contributed by atoms with Crippen LogP contribution in [-0.4, -0.2) is 96.7 Å². The molecule has 17 nitrogen and oxygen atoms in total. The minimum atomic E-state index is -4.95. The van der Waals surface area contributed by atoms with Gasteiger partial charge in [0.1, 0.15) is 19.3 Å². The standard InChI is InChI=1S/C68H132O17P2/c1-9-61(8)47-39-31-26-27-35-43-51-68(73)85-64(55-79-66(71)49-41-33-25-19-22-30-38-46-60(6)7)57-83-87(76,77)81-53-62(69)52-80-86(74,75)82-56-63(84-67(72)50-42-34-24-18-14-13-16-21-29-37-45-59(4)5)54-78-65(70)48-40-32-23-17-12-10-11-15-20-28-36-44-58(2)3/h58-64,69H,9-57H2,1-8H3,(H,74,75)(H,76,77)/t61?,62?,63-,64-/m1/s1. The fraction of sp³-hybridized carbons (Fsp3) is 0.941. The van der Waals surface area contributed by atoms with Crippen molar-refractivity contribution >= 4 is 39.5 Å². The number of aliphatic hydroxyl groups excluding tert-OH is 1. The first-order chi connectivity index (χ1) is 41.6. The monoisotopic (exact) mass is 1280 g/mol. The quantitative estimate of drug-likeness (QED) is 0.0222. The summed E-state index contributed by atoms with van der Waals surface area (Å²) in [5.74, 6) is 0.813. The molecule has 0 aromatic carbocycles. The van der Waals surface area contributed by atoms with Crippen LogP contribution in [0.4, 0.5) is 0 Å². The molecular formula is C68H132O17P2. The van der Waals surface area contributed by atoms with Gasteiger partial charge in [-0.3, -0.25) is 37.3 Å². The van der Waals surface area contributed by atoms with E-state index in [2.05, 4.69) is 55.4 Å². The number of ether oxygens (including phenoxy) is 4. The summed E-state index contributed by atoms with van der Waals surface area (Å²) >= 11 is 0. The van der Waals surface area contributed by atoms with Crippen molar-refractivity contribution in [3.63, 3.8) is 0 Å². The minimum Gasteiger partial charge on any atom is -0.462 e. The Kier molecular flexibility index (Phi) is 56.6. The largest absolute Gasteiger partial charge is 0.472 e. The Bertz CT molecular complexity index is 1730. The molecule has 0 rings (SSSR count). The van der Waals surface area contributed by atoms with Crippen LogP contribution in [0.1, 0.15) is 331 Å². The second-order valence-corrected chi connectivity index (χ2v) is 29.1. The summed E-state index contributed by atoms with van der Waals surface area (Å²) in [5, 5.41) is 10.6. The van der Waals surface area contributed by atoms with Gasteiger partial charge in [0.15, 0.2) is 12.2 Å². The summed E-state index contributed by atoms with van der Waals surface area (Å²) in [5.41, 5.74) is 0. The van der Waals surface area contributed by atoms with E-state index in [1.165, 1.54) is 128 Å². The van der Waals surface area contributed by atoms with Gasteiger partial charge >= 0.3 is 39.5 Å². The lowest BCUT2D eigenvalue weighted by Crippen LogP contribution is -2.30. The van der Waals surface area contributed by atoms with Gasteiger partial charge in [-0.2, -0.15) is 0 Å². The number of rotatable bonds is 65. The lowest BCUT2D eigenvalue weighted by atomic mass is 10.00. The molecular weight excluding hydrogens is 1150 g/mol. The third-order valence-electron chi connectivity index (χ3n) is 15.9. The van der Waals surface area contributed by atoms with E-state index in [0.717, 1.165) is 114 Å². The highest BCUT2D eigenvalue weighted by molar-refractivity contribution is 7.47. The summed E-state index contributed by atoms with van der Waals surface area (Å²) in [6.45, 7) is 14.0. The van der Waals surface area contributed by atoms with Gasteiger partial charge in [0, 0.05) is 25.7 Å². The summed E-state index contributed by atoms with van der Waals surface area (Å²) in [7, 11) is -9.90. The van der Waals surface area contributed by atoms with E-state index in [1.54, 1.807) is 0 Å². The Labute approximate surface area is 530 Å². The lowest BCUT2D eigenvalue weighted by molar-refractivity contribution is -0.161. The van der Waals surface area contributed by atoms with Gasteiger partial charge in [0.2, 0.25) is 0 Å². The Morgan fingerprint density at radius 2 is 0.552 bits per heavy atom. The molecule has 0 radical (unpaired) electrons. The number of carbonyl (C=O) groups excluding carboxylic acids is 4. The van der Waals surface area contributed by atoms with Crippen LogP contribution in [0, 0.1) is 23.7 Å². The Hall–Kier alpha value is -1.94. The lowest BCUT2D eigenvalue weighted by Gasteiger charge is -2.21. The third kappa shape index (κ3) is 61.3. The predicted octanol–water partition coefficient (Wildman–Crippen LogP) is 18.9. The fourth-order valence-corrected chi connectivity index (χ4v) is 11.7. The number of hydrogen-bond donors (Lipinski definition) is 3. The fourth-order valence-electron chi connectivity index (χ4n) is 10.1. The number of phosphoric ester groups is 2. The maximum absolute atomic E-state index is 13.0. The van der Waals surface area contributed by atoms with Crippen LogP contribution >= 0.6 is 15.6 Å². The molecule has 6 atom stereocenters. The molecule has 0 saturated heterocycles. The molecule has 0 amide bonds. The van der Waals surface area contributed by atoms with Crippen molar-refractivity contribution in [3.05, 3.63) is 0 Å². The van der Waals surface area contributed by atoms with Crippen molar-refractivity contribution in [2.45, 2.75) is 350 Å². The van der Waals surface area contributed by atoms with E-state index in [-0.39, 0.29) is 25.7 Å². The molecule has 0 saturated carbocycles. The van der Waals surface area contributed by atoms with Gasteiger partial charge in [-0.15, -0.1) is 0 Å². The smallest absolute Gasteiger partial charge is 0.462 e. The van der Waals surface area contributed by atoms with Crippen LogP contribution in [-0.2, 0) is 65.4 Å². The van der Waals surface area contributed by atoms with Crippen LogP contribution < -0.4 is 0 Å². The number of phosphoric acid groups is 2. The summed E-state index contributed by atoms with van der Waals surface area (Å²) < 4.78 is 68.2. The highest BCUT2D eigenvalue weighted by Crippen LogP contribution is 2.45. The topological polar surface area (TPSA) is 237 Å². The zero-order chi connectivity index (χ0) is 64.7. The molecule has 19 heteroatoms. The zero-order valence-corrected chi connectivity index (χ0v) is 58.4. The van der Waals surface area contributed by atoms with E-state index >= 15 is 0 Å². The zero-order valence-electron chi connectivity index (χ0n) is 56.6. The van der Waals surface area contributed by atoms with Gasteiger partial charge in [0.05, 0.1) is 26.4 Å². The molecule has 0 heterocycles. The number of aliphatic hydroxyl groups is 1. The van der Waals surface area contributed by atoms with Gasteiger partial charge in [-0.05, 0) is 49.4 Å². The highest BCUT2D eigenvalue weighted by Gasteiger charge is 2.30. The third-order valence-corrected chi connectivity index (χ3v) is 17.8. The first-order valence-electron chi connectivity index (χ1n) is 35.2. The second kappa shape index (κ2) is 57.9. The van der Waals surface area contributed by atoms with Gasteiger partial charge in [0.25, 0.3) is 0 Å². The van der Waals surface area contributed by atoms with Crippen LogP contribution in [0.5, 0.6) is 0 Å². The van der Waals surface area contributed by atoms with E-state index in [9.17, 15) is 43.2 Å². The molecule has 0 aliphatic carbocycles. The van der Waals surface area contributed by atoms with Crippen LogP contribution in [0.3, 0.4) is 0 Å². The van der Waals surface area contributed by atoms with E-state index in [1.807, 2.05) is 0 Å². The van der Waals surface area contributed by atoms with Gasteiger partial charge in [-0.25, -0.2) is 9.13 Å². The average molecular weight is 1280 g/mol. The maximum atomic E-state index is 13.0. The molecule has 3 N–H and O–H groups in total. The Morgan fingerprint density at radius 3 is 0.816 bits per heavy atom. The van der Waals surface area contributed by atoms with E-state index in [0.29, 0.717) is 31.6 Å². The van der Waals surface area contributed by atoms with Crippen molar-refractivity contribution in [1.29, 1.82) is 0 Å². The van der Waals surface area contributed by atoms with Crippen molar-refractivity contribution in [2.24, 2.45) is 23.7 Å². The molecule has 4 unspecified atom stereocenters. The molecule has 0 aromatic heterocycles. The van der Waals surface area contributed by atoms with Crippen molar-refractivity contribution in [3.8, 4) is 0 Å². The maximum Gasteiger partial charge on any atom is 0.472 e. The normalized spacial score (nSPS) is 14.6. The van der Waals surface area contributed by atoms with Crippen LogP contribution in [0.2, 0.25) is 0 Å². The van der Waals surface area contributed by atoms with Gasteiger partial charge < -0.3 is 33.8 Å². The molecule has 87 heavy (non-hydrogen) atoms. The molecule has 0 aliphatic heterocycles. The highest BCUT2D eigenvalue weighted by atomic mass is 31.2. The molecule has 0 aromatic rings. The second-order valence-electron chi connectivity index (χ2n) is 26.2. The Morgan fingerprint density at radius 1 is 0.322 bits per heavy atom. The average Bonchev–Trinajstić information content (AvgIpc) is 3.57. The first-order valence-corrected chi connectivity index (χ1v) is 38.2. The van der Waals surface area contributed by atoms with Crippen molar-refractivity contribution < 1.29 is 80.2 Å². The summed E-state index contributed by atoms with van der Waals surface area (Å²) in [6.07, 6.45) is 39.0. The number of carbonyl (C=O) groups is 4. The molecule has 516 valence electrons. The minimum absolute atomic E-state index is 0.102. The number of esters is 4. The SMILES string of the molecule is CCC(C)CCCCCCCCC(=O)O[C@H](COC(=O)CCCCCCCCCC(C)C)COP(=O)(O)OCC(O)COP(=O)(O)OC[C@@H](COC(=O)CCCCCCCCCCCCCC(C)C)OC(=O)CCCCCCCCCCCCC(C)C. The summed E-state index contributed by atoms with van der Waals surface area (Å²) in [4.78, 5) is 72.4. The van der Waals surface area contributed by atoms with Crippen LogP contribution in [0.25, 0.3) is 0 Å². The predicted molar refractivity (Wildman–Crippen MR) is 349 cm³/mol. The molecule has 0 bridgehead atoms. The number of hydrogen-bond acceptors (Lipinski definition) is 15. The van der Waals surface area contributed by atoms with Crippen molar-refractivity contribution in [1.82, 2.24) is 0 Å². The van der Waals surface area contributed by atoms with Gasteiger partial charge in [-0.1, -0.05) is 280 Å². The van der Waals surface area contributed by atoms with E-state index in [4.69, 9.17) is 37.0 Å². The number of unbranched alkanes of at least 4 members (excludes halogenated alkanes) is 30. The van der Waals surface area contributed by atoms with Crippen molar-refractivity contribution in [2.75, 3.05) is 39.6 Å².